The van der Waals surface area contributed by atoms with Gasteiger partial charge in [-0.05, 0) is 27.2 Å². The molecule has 0 saturated carbocycles. The van der Waals surface area contributed by atoms with Crippen LogP contribution in [0.15, 0.2) is 4.42 Å². The molecule has 0 unspecified atom stereocenters. The van der Waals surface area contributed by atoms with E-state index in [0.29, 0.717) is 40.7 Å². The molecular weight excluding hydrogens is 258 g/mol. The second-order valence-electron chi connectivity index (χ2n) is 4.48. The zero-order valence-corrected chi connectivity index (χ0v) is 12.2. The Morgan fingerprint density at radius 3 is 2.70 bits per heavy atom. The van der Waals surface area contributed by atoms with Crippen molar-refractivity contribution in [2.45, 2.75) is 34.1 Å². The van der Waals surface area contributed by atoms with Gasteiger partial charge in [0, 0.05) is 6.54 Å². The van der Waals surface area contributed by atoms with Crippen molar-refractivity contribution in [2.24, 2.45) is 0 Å². The molecule has 0 fully saturated rings. The summed E-state index contributed by atoms with van der Waals surface area (Å²) in [6.07, 6.45) is 0.954. The SMILES string of the molecule is CCCNc1nc(C)nc2oc(C)c(C(=O)OCC)c12. The van der Waals surface area contributed by atoms with Crippen molar-refractivity contribution in [3.63, 3.8) is 0 Å². The second-order valence-corrected chi connectivity index (χ2v) is 4.48. The molecule has 0 aliphatic carbocycles. The van der Waals surface area contributed by atoms with E-state index in [-0.39, 0.29) is 0 Å². The summed E-state index contributed by atoms with van der Waals surface area (Å²) in [7, 11) is 0. The van der Waals surface area contributed by atoms with Crippen molar-refractivity contribution in [1.82, 2.24) is 9.97 Å². The third-order valence-electron chi connectivity index (χ3n) is 2.86. The largest absolute Gasteiger partial charge is 0.462 e. The minimum atomic E-state index is -0.407. The molecule has 0 radical (unpaired) electrons. The van der Waals surface area contributed by atoms with Crippen LogP contribution < -0.4 is 5.32 Å². The topological polar surface area (TPSA) is 77.3 Å². The second kappa shape index (κ2) is 5.90. The van der Waals surface area contributed by atoms with Gasteiger partial charge in [0.15, 0.2) is 0 Å². The molecule has 20 heavy (non-hydrogen) atoms. The fraction of sp³-hybridized carbons (Fsp3) is 0.500. The normalized spacial score (nSPS) is 10.8. The summed E-state index contributed by atoms with van der Waals surface area (Å²) in [6, 6.07) is 0. The zero-order valence-electron chi connectivity index (χ0n) is 12.2. The number of ether oxygens (including phenoxy) is 1. The van der Waals surface area contributed by atoms with Crippen molar-refractivity contribution in [3.05, 3.63) is 17.1 Å². The van der Waals surface area contributed by atoms with Gasteiger partial charge in [-0.3, -0.25) is 0 Å². The standard InChI is InChI=1S/C14H19N3O3/c1-5-7-15-12-11-10(14(18)19-6-2)8(3)20-13(11)17-9(4)16-12/h5-7H2,1-4H3,(H,15,16,17). The fourth-order valence-corrected chi connectivity index (χ4v) is 2.04. The molecular formula is C14H19N3O3. The van der Waals surface area contributed by atoms with E-state index in [1.165, 1.54) is 0 Å². The van der Waals surface area contributed by atoms with Gasteiger partial charge in [0.25, 0.3) is 0 Å². The molecule has 6 heteroatoms. The number of nitrogens with zero attached hydrogens (tertiary/aromatic N) is 2. The molecule has 0 atom stereocenters. The van der Waals surface area contributed by atoms with Crippen LogP contribution in [0.1, 0.15) is 42.2 Å². The minimum Gasteiger partial charge on any atom is -0.462 e. The molecule has 0 spiro atoms. The summed E-state index contributed by atoms with van der Waals surface area (Å²) in [5, 5.41) is 3.81. The van der Waals surface area contributed by atoms with E-state index in [1.807, 2.05) is 0 Å². The maximum atomic E-state index is 12.1. The third-order valence-corrected chi connectivity index (χ3v) is 2.86. The van der Waals surface area contributed by atoms with Gasteiger partial charge in [-0.15, -0.1) is 0 Å². The van der Waals surface area contributed by atoms with Gasteiger partial charge in [0.2, 0.25) is 5.71 Å². The first-order chi connectivity index (χ1) is 9.58. The number of hydrogen-bond donors (Lipinski definition) is 1. The number of aryl methyl sites for hydroxylation is 2. The number of carbonyl (C=O) groups excluding carboxylic acids is 1. The number of hydrogen-bond acceptors (Lipinski definition) is 6. The predicted octanol–water partition coefficient (Wildman–Crippen LogP) is 2.84. The van der Waals surface area contributed by atoms with Gasteiger partial charge in [-0.25, -0.2) is 9.78 Å². The average molecular weight is 277 g/mol. The first-order valence-electron chi connectivity index (χ1n) is 6.77. The van der Waals surface area contributed by atoms with Crippen LogP contribution in [0.3, 0.4) is 0 Å². The highest BCUT2D eigenvalue weighted by Crippen LogP contribution is 2.30. The van der Waals surface area contributed by atoms with Crippen molar-refractivity contribution in [1.29, 1.82) is 0 Å². The average Bonchev–Trinajstić information content (AvgIpc) is 2.72. The minimum absolute atomic E-state index is 0.315. The molecule has 2 rings (SSSR count). The van der Waals surface area contributed by atoms with E-state index in [4.69, 9.17) is 9.15 Å². The maximum Gasteiger partial charge on any atom is 0.342 e. The Balaban J connectivity index is 2.61. The molecule has 2 aromatic rings. The summed E-state index contributed by atoms with van der Waals surface area (Å²) >= 11 is 0. The highest BCUT2D eigenvalue weighted by molar-refractivity contribution is 6.07. The molecule has 0 aliphatic heterocycles. The van der Waals surface area contributed by atoms with Crippen molar-refractivity contribution >= 4 is 22.9 Å². The van der Waals surface area contributed by atoms with E-state index in [9.17, 15) is 4.79 Å². The Morgan fingerprint density at radius 1 is 1.30 bits per heavy atom. The Hall–Kier alpha value is -2.11. The summed E-state index contributed by atoms with van der Waals surface area (Å²) in [6.45, 7) is 8.43. The maximum absolute atomic E-state index is 12.1. The van der Waals surface area contributed by atoms with Crippen LogP contribution >= 0.6 is 0 Å². The number of rotatable bonds is 5. The number of anilines is 1. The molecule has 0 saturated heterocycles. The van der Waals surface area contributed by atoms with Crippen LogP contribution in [-0.4, -0.2) is 29.1 Å². The summed E-state index contributed by atoms with van der Waals surface area (Å²) in [5.74, 6) is 1.31. The number of furan rings is 1. The van der Waals surface area contributed by atoms with E-state index in [1.54, 1.807) is 20.8 Å². The molecule has 0 bridgehead atoms. The molecule has 2 heterocycles. The lowest BCUT2D eigenvalue weighted by atomic mass is 10.2. The molecule has 2 aromatic heterocycles. The number of esters is 1. The van der Waals surface area contributed by atoms with Crippen molar-refractivity contribution in [3.8, 4) is 0 Å². The number of fused-ring (bicyclic) bond motifs is 1. The van der Waals surface area contributed by atoms with Crippen LogP contribution in [-0.2, 0) is 4.74 Å². The number of aromatic nitrogens is 2. The highest BCUT2D eigenvalue weighted by Gasteiger charge is 2.24. The summed E-state index contributed by atoms with van der Waals surface area (Å²) < 4.78 is 10.7. The lowest BCUT2D eigenvalue weighted by Gasteiger charge is -2.07. The van der Waals surface area contributed by atoms with Gasteiger partial charge >= 0.3 is 5.97 Å². The van der Waals surface area contributed by atoms with Gasteiger partial charge in [-0.1, -0.05) is 6.92 Å². The van der Waals surface area contributed by atoms with Gasteiger partial charge in [0.05, 0.1) is 12.0 Å². The van der Waals surface area contributed by atoms with Crippen molar-refractivity contribution < 1.29 is 13.9 Å². The Morgan fingerprint density at radius 2 is 2.05 bits per heavy atom. The third kappa shape index (κ3) is 2.59. The quantitative estimate of drug-likeness (QED) is 0.847. The monoisotopic (exact) mass is 277 g/mol. The lowest BCUT2D eigenvalue weighted by Crippen LogP contribution is -2.09. The highest BCUT2D eigenvalue weighted by atomic mass is 16.5. The van der Waals surface area contributed by atoms with Crippen LogP contribution in [0.4, 0.5) is 5.82 Å². The summed E-state index contributed by atoms with van der Waals surface area (Å²) in [4.78, 5) is 20.7. The van der Waals surface area contributed by atoms with E-state index in [2.05, 4.69) is 22.2 Å². The summed E-state index contributed by atoms with van der Waals surface area (Å²) in [5.41, 5.74) is 0.817. The van der Waals surface area contributed by atoms with E-state index >= 15 is 0 Å². The van der Waals surface area contributed by atoms with Crippen LogP contribution in [0.5, 0.6) is 0 Å². The van der Waals surface area contributed by atoms with Gasteiger partial charge in [0.1, 0.15) is 23.0 Å². The molecule has 108 valence electrons. The van der Waals surface area contributed by atoms with Crippen LogP contribution in [0.25, 0.3) is 11.1 Å². The van der Waals surface area contributed by atoms with Crippen LogP contribution in [0.2, 0.25) is 0 Å². The van der Waals surface area contributed by atoms with E-state index in [0.717, 1.165) is 13.0 Å². The van der Waals surface area contributed by atoms with Crippen molar-refractivity contribution in [2.75, 3.05) is 18.5 Å². The molecule has 0 amide bonds. The first-order valence-corrected chi connectivity index (χ1v) is 6.77. The number of carbonyl (C=O) groups is 1. The Bertz CT molecular complexity index is 634. The fourth-order valence-electron chi connectivity index (χ4n) is 2.04. The van der Waals surface area contributed by atoms with Crippen LogP contribution in [0, 0.1) is 13.8 Å². The Kier molecular flexibility index (Phi) is 4.22. The molecule has 6 nitrogen and oxygen atoms in total. The molecule has 0 aliphatic rings. The first kappa shape index (κ1) is 14.3. The van der Waals surface area contributed by atoms with Gasteiger partial charge in [-0.2, -0.15) is 4.98 Å². The lowest BCUT2D eigenvalue weighted by molar-refractivity contribution is 0.0526. The Labute approximate surface area is 117 Å². The zero-order chi connectivity index (χ0) is 14.7. The van der Waals surface area contributed by atoms with Gasteiger partial charge < -0.3 is 14.5 Å². The molecule has 1 N–H and O–H groups in total. The van der Waals surface area contributed by atoms with E-state index < -0.39 is 5.97 Å². The molecule has 0 aromatic carbocycles. The smallest absolute Gasteiger partial charge is 0.342 e. The predicted molar refractivity (Wildman–Crippen MR) is 76.0 cm³/mol. The number of nitrogens with one attached hydrogen (secondary N) is 1.